The van der Waals surface area contributed by atoms with E-state index in [2.05, 4.69) is 21.2 Å². The van der Waals surface area contributed by atoms with Crippen molar-refractivity contribution in [3.05, 3.63) is 57.8 Å². The molecule has 0 heterocycles. The maximum absolute atomic E-state index is 13.7. The van der Waals surface area contributed by atoms with Gasteiger partial charge in [0.15, 0.2) is 11.5 Å². The lowest BCUT2D eigenvalue weighted by molar-refractivity contribution is 0.0947. The van der Waals surface area contributed by atoms with E-state index in [1.807, 2.05) is 0 Å². The van der Waals surface area contributed by atoms with Crippen LogP contribution in [0.4, 0.5) is 4.39 Å². The third-order valence-corrected chi connectivity index (χ3v) is 3.37. The van der Waals surface area contributed by atoms with Crippen LogP contribution in [0, 0.1) is 5.82 Å². The minimum absolute atomic E-state index is 0.0199. The van der Waals surface area contributed by atoms with Crippen LogP contribution in [0.2, 0.25) is 0 Å². The zero-order valence-corrected chi connectivity index (χ0v) is 12.8. The lowest BCUT2D eigenvalue weighted by Gasteiger charge is -2.09. The number of aromatic hydroxyl groups is 1. The number of ether oxygens (including phenoxy) is 1. The molecule has 0 saturated heterocycles. The highest BCUT2D eigenvalue weighted by Crippen LogP contribution is 2.26. The van der Waals surface area contributed by atoms with Crippen LogP contribution in [0.3, 0.4) is 0 Å². The van der Waals surface area contributed by atoms with Gasteiger partial charge in [-0.2, -0.15) is 0 Å². The van der Waals surface area contributed by atoms with E-state index in [4.69, 9.17) is 4.74 Å². The molecule has 2 N–H and O–H groups in total. The second-order valence-corrected chi connectivity index (χ2v) is 5.23. The number of rotatable bonds is 4. The Kier molecular flexibility index (Phi) is 4.80. The van der Waals surface area contributed by atoms with Gasteiger partial charge >= 0.3 is 0 Å². The van der Waals surface area contributed by atoms with Crippen molar-refractivity contribution in [3.8, 4) is 11.5 Å². The maximum atomic E-state index is 13.7. The van der Waals surface area contributed by atoms with E-state index in [1.54, 1.807) is 18.2 Å². The van der Waals surface area contributed by atoms with Crippen molar-refractivity contribution in [1.29, 1.82) is 0 Å². The van der Waals surface area contributed by atoms with E-state index < -0.39 is 11.7 Å². The number of carbonyl (C=O) groups is 1. The highest BCUT2D eigenvalue weighted by atomic mass is 79.9. The van der Waals surface area contributed by atoms with Gasteiger partial charge in [-0.15, -0.1) is 0 Å². The Balaban J connectivity index is 2.07. The van der Waals surface area contributed by atoms with Gasteiger partial charge in [-0.25, -0.2) is 4.39 Å². The van der Waals surface area contributed by atoms with E-state index in [1.165, 1.54) is 25.3 Å². The SMILES string of the molecule is COc1cc(CNC(=O)c2ccc(Br)cc2F)ccc1O. The molecule has 0 aliphatic rings. The van der Waals surface area contributed by atoms with Gasteiger partial charge in [0.25, 0.3) is 5.91 Å². The Bertz CT molecular complexity index is 676. The summed E-state index contributed by atoms with van der Waals surface area (Å²) >= 11 is 3.13. The van der Waals surface area contributed by atoms with Crippen molar-refractivity contribution in [2.24, 2.45) is 0 Å². The lowest BCUT2D eigenvalue weighted by atomic mass is 10.1. The lowest BCUT2D eigenvalue weighted by Crippen LogP contribution is -2.23. The summed E-state index contributed by atoms with van der Waals surface area (Å²) in [6, 6.07) is 8.97. The van der Waals surface area contributed by atoms with Crippen LogP contribution in [-0.2, 0) is 6.54 Å². The quantitative estimate of drug-likeness (QED) is 0.886. The maximum Gasteiger partial charge on any atom is 0.254 e. The Morgan fingerprint density at radius 1 is 1.33 bits per heavy atom. The Morgan fingerprint density at radius 3 is 2.76 bits per heavy atom. The number of methoxy groups -OCH3 is 1. The number of benzene rings is 2. The number of carbonyl (C=O) groups excluding carboxylic acids is 1. The number of halogens is 2. The molecule has 1 amide bonds. The van der Waals surface area contributed by atoms with Gasteiger partial charge < -0.3 is 15.2 Å². The summed E-state index contributed by atoms with van der Waals surface area (Å²) in [6.45, 7) is 0.199. The topological polar surface area (TPSA) is 58.6 Å². The normalized spacial score (nSPS) is 10.2. The van der Waals surface area contributed by atoms with Crippen molar-refractivity contribution in [2.45, 2.75) is 6.54 Å². The molecule has 0 aromatic heterocycles. The predicted octanol–water partition coefficient (Wildman–Crippen LogP) is 3.23. The summed E-state index contributed by atoms with van der Waals surface area (Å²) < 4.78 is 19.2. The average Bonchev–Trinajstić information content (AvgIpc) is 2.46. The molecule has 2 aromatic carbocycles. The van der Waals surface area contributed by atoms with Crippen LogP contribution >= 0.6 is 15.9 Å². The number of hydrogen-bond acceptors (Lipinski definition) is 3. The van der Waals surface area contributed by atoms with Gasteiger partial charge in [0.05, 0.1) is 12.7 Å². The van der Waals surface area contributed by atoms with Crippen molar-refractivity contribution in [3.63, 3.8) is 0 Å². The summed E-state index contributed by atoms with van der Waals surface area (Å²) in [5.74, 6) is -0.764. The van der Waals surface area contributed by atoms with Crippen LogP contribution in [0.5, 0.6) is 11.5 Å². The van der Waals surface area contributed by atoms with E-state index >= 15 is 0 Å². The first kappa shape index (κ1) is 15.3. The Labute approximate surface area is 129 Å². The smallest absolute Gasteiger partial charge is 0.254 e. The van der Waals surface area contributed by atoms with Gasteiger partial charge in [-0.3, -0.25) is 4.79 Å². The Hall–Kier alpha value is -2.08. The van der Waals surface area contributed by atoms with Gasteiger partial charge in [-0.1, -0.05) is 22.0 Å². The molecule has 0 aliphatic carbocycles. The highest BCUT2D eigenvalue weighted by Gasteiger charge is 2.12. The molecule has 110 valence electrons. The molecule has 0 aliphatic heterocycles. The molecule has 6 heteroatoms. The average molecular weight is 354 g/mol. The molecule has 2 aromatic rings. The molecule has 0 bridgehead atoms. The summed E-state index contributed by atoms with van der Waals surface area (Å²) in [7, 11) is 1.44. The first-order valence-electron chi connectivity index (χ1n) is 6.10. The zero-order valence-electron chi connectivity index (χ0n) is 11.2. The van der Waals surface area contributed by atoms with Crippen molar-refractivity contribution in [1.82, 2.24) is 5.32 Å². The van der Waals surface area contributed by atoms with Gasteiger partial charge in [0.2, 0.25) is 0 Å². The fourth-order valence-corrected chi connectivity index (χ4v) is 2.12. The van der Waals surface area contributed by atoms with Gasteiger partial charge in [0, 0.05) is 11.0 Å². The third-order valence-electron chi connectivity index (χ3n) is 2.87. The van der Waals surface area contributed by atoms with Crippen molar-refractivity contribution in [2.75, 3.05) is 7.11 Å². The van der Waals surface area contributed by atoms with Gasteiger partial charge in [-0.05, 0) is 35.9 Å². The summed E-state index contributed by atoms with van der Waals surface area (Å²) in [4.78, 5) is 11.9. The minimum Gasteiger partial charge on any atom is -0.504 e. The third kappa shape index (κ3) is 3.72. The first-order valence-corrected chi connectivity index (χ1v) is 6.89. The molecule has 0 fully saturated rings. The number of phenols is 1. The molecule has 2 rings (SSSR count). The van der Waals surface area contributed by atoms with E-state index in [0.29, 0.717) is 10.2 Å². The molecular formula is C15H13BrFNO3. The van der Waals surface area contributed by atoms with Crippen molar-refractivity contribution < 1.29 is 19.0 Å². The first-order chi connectivity index (χ1) is 10.0. The monoisotopic (exact) mass is 353 g/mol. The number of amides is 1. The molecule has 0 spiro atoms. The molecule has 0 radical (unpaired) electrons. The Morgan fingerprint density at radius 2 is 2.10 bits per heavy atom. The molecular weight excluding hydrogens is 341 g/mol. The fourth-order valence-electron chi connectivity index (χ4n) is 1.78. The molecule has 0 saturated carbocycles. The van der Waals surface area contributed by atoms with E-state index in [-0.39, 0.29) is 17.9 Å². The molecule has 4 nitrogen and oxygen atoms in total. The van der Waals surface area contributed by atoms with E-state index in [0.717, 1.165) is 5.56 Å². The summed E-state index contributed by atoms with van der Waals surface area (Å²) in [5.41, 5.74) is 0.708. The summed E-state index contributed by atoms with van der Waals surface area (Å²) in [6.07, 6.45) is 0. The molecule has 21 heavy (non-hydrogen) atoms. The van der Waals surface area contributed by atoms with Crippen LogP contribution < -0.4 is 10.1 Å². The van der Waals surface area contributed by atoms with Crippen LogP contribution in [-0.4, -0.2) is 18.1 Å². The van der Waals surface area contributed by atoms with Crippen LogP contribution in [0.1, 0.15) is 15.9 Å². The number of phenolic OH excluding ortho intramolecular Hbond substituents is 1. The van der Waals surface area contributed by atoms with Crippen LogP contribution in [0.15, 0.2) is 40.9 Å². The number of hydrogen-bond donors (Lipinski definition) is 2. The van der Waals surface area contributed by atoms with Crippen molar-refractivity contribution >= 4 is 21.8 Å². The van der Waals surface area contributed by atoms with Gasteiger partial charge in [0.1, 0.15) is 5.82 Å². The van der Waals surface area contributed by atoms with E-state index in [9.17, 15) is 14.3 Å². The largest absolute Gasteiger partial charge is 0.504 e. The minimum atomic E-state index is -0.592. The second kappa shape index (κ2) is 6.58. The zero-order chi connectivity index (χ0) is 15.4. The molecule has 0 atom stereocenters. The van der Waals surface area contributed by atoms with Crippen LogP contribution in [0.25, 0.3) is 0 Å². The highest BCUT2D eigenvalue weighted by molar-refractivity contribution is 9.10. The molecule has 0 unspecified atom stereocenters. The predicted molar refractivity (Wildman–Crippen MR) is 79.9 cm³/mol. The fraction of sp³-hybridized carbons (Fsp3) is 0.133. The summed E-state index contributed by atoms with van der Waals surface area (Å²) in [5, 5.41) is 12.1. The number of nitrogens with one attached hydrogen (secondary N) is 1. The second-order valence-electron chi connectivity index (χ2n) is 4.31. The standard InChI is InChI=1S/C15H13BrFNO3/c1-21-14-6-9(2-5-13(14)19)8-18-15(20)11-4-3-10(16)7-12(11)17/h2-7,19H,8H2,1H3,(H,18,20).